The maximum Gasteiger partial charge on any atom is 0.428 e. The number of carbonyl (C=O) groups is 1. The maximum absolute atomic E-state index is 13.6. The standard InChI is InChI=1S/C27H30F2N2O4Si/c1-2-18-5-3-6-20(11-18)16-30-17-26(32)25(10-9-19-12-22(28)15-23(29)13-19)31-36(35)24-8-4-7-21(14-24)27(33)34/h3-8,11-15,25-26,30-32H,2,9-10,16-17H2,1H3,(H,33,34)/t25-,26+/m0/s1. The summed E-state index contributed by atoms with van der Waals surface area (Å²) in [6.45, 7) is 2.80. The van der Waals surface area contributed by atoms with Gasteiger partial charge in [-0.25, -0.2) is 13.6 Å². The summed E-state index contributed by atoms with van der Waals surface area (Å²) in [5.41, 5.74) is 2.71. The zero-order valence-electron chi connectivity index (χ0n) is 20.0. The van der Waals surface area contributed by atoms with Crippen LogP contribution in [0.2, 0.25) is 0 Å². The van der Waals surface area contributed by atoms with Crippen molar-refractivity contribution in [3.05, 3.63) is 101 Å². The molecular formula is C27H30F2N2O4Si. The van der Waals surface area contributed by atoms with E-state index in [4.69, 9.17) is 0 Å². The third kappa shape index (κ3) is 8.15. The molecule has 0 unspecified atom stereocenters. The minimum Gasteiger partial charge on any atom is -0.478 e. The van der Waals surface area contributed by atoms with Crippen LogP contribution in [0.4, 0.5) is 8.78 Å². The van der Waals surface area contributed by atoms with E-state index in [9.17, 15) is 28.3 Å². The van der Waals surface area contributed by atoms with E-state index in [0.717, 1.165) is 18.1 Å². The molecule has 0 saturated heterocycles. The fourth-order valence-electron chi connectivity index (χ4n) is 3.95. The zero-order chi connectivity index (χ0) is 26.1. The van der Waals surface area contributed by atoms with Gasteiger partial charge in [0.1, 0.15) is 11.6 Å². The number of aliphatic hydroxyl groups is 1. The first-order valence-electron chi connectivity index (χ1n) is 11.8. The number of rotatable bonds is 13. The van der Waals surface area contributed by atoms with Gasteiger partial charge >= 0.3 is 14.8 Å². The van der Waals surface area contributed by atoms with E-state index < -0.39 is 38.6 Å². The Labute approximate surface area is 210 Å². The van der Waals surface area contributed by atoms with Crippen molar-refractivity contribution in [2.45, 2.75) is 44.9 Å². The molecular weight excluding hydrogens is 482 g/mol. The average Bonchev–Trinajstić information content (AvgIpc) is 2.86. The summed E-state index contributed by atoms with van der Waals surface area (Å²) in [4.78, 5) is 14.2. The number of carboxylic acids is 1. The second-order valence-corrected chi connectivity index (χ2v) is 10.2. The van der Waals surface area contributed by atoms with E-state index in [0.29, 0.717) is 17.3 Å². The lowest BCUT2D eigenvalue weighted by atomic mass is 10.0. The number of aryl methyl sites for hydroxylation is 2. The number of hydrogen-bond acceptors (Lipinski definition) is 4. The summed E-state index contributed by atoms with van der Waals surface area (Å²) < 4.78 is 40.3. The van der Waals surface area contributed by atoms with Crippen molar-refractivity contribution < 1.29 is 28.3 Å². The van der Waals surface area contributed by atoms with Crippen LogP contribution < -0.4 is 15.5 Å². The number of aliphatic hydroxyl groups excluding tert-OH is 1. The van der Waals surface area contributed by atoms with Gasteiger partial charge in [0.15, 0.2) is 0 Å². The molecule has 0 aliphatic carbocycles. The molecule has 3 aromatic rings. The monoisotopic (exact) mass is 512 g/mol. The fraction of sp³-hybridized carbons (Fsp3) is 0.296. The van der Waals surface area contributed by atoms with Crippen molar-refractivity contribution in [2.75, 3.05) is 6.54 Å². The topological polar surface area (TPSA) is 98.7 Å². The molecule has 0 heterocycles. The van der Waals surface area contributed by atoms with Crippen molar-refractivity contribution in [2.24, 2.45) is 0 Å². The number of nitrogens with one attached hydrogen (secondary N) is 2. The smallest absolute Gasteiger partial charge is 0.428 e. The molecule has 0 aliphatic heterocycles. The van der Waals surface area contributed by atoms with Gasteiger partial charge in [-0.15, -0.1) is 0 Å². The van der Waals surface area contributed by atoms with Crippen LogP contribution in [0.5, 0.6) is 0 Å². The van der Waals surface area contributed by atoms with Gasteiger partial charge in [0.05, 0.1) is 11.7 Å². The lowest BCUT2D eigenvalue weighted by Gasteiger charge is -2.25. The van der Waals surface area contributed by atoms with Crippen LogP contribution in [0, 0.1) is 11.6 Å². The number of hydrogen-bond donors (Lipinski definition) is 4. The number of carboxylic acid groups (broad SMARTS) is 1. The van der Waals surface area contributed by atoms with Gasteiger partial charge in [0, 0.05) is 30.4 Å². The van der Waals surface area contributed by atoms with Crippen molar-refractivity contribution in [3.63, 3.8) is 0 Å². The summed E-state index contributed by atoms with van der Waals surface area (Å²) in [7, 11) is -2.67. The van der Waals surface area contributed by atoms with Crippen molar-refractivity contribution in [1.29, 1.82) is 0 Å². The first-order valence-corrected chi connectivity index (χ1v) is 13.2. The molecule has 0 saturated carbocycles. The Morgan fingerprint density at radius 3 is 2.36 bits per heavy atom. The first kappa shape index (κ1) is 27.3. The number of halogens is 2. The summed E-state index contributed by atoms with van der Waals surface area (Å²) in [6.07, 6.45) is 0.452. The quantitative estimate of drug-likeness (QED) is 0.263. The van der Waals surface area contributed by atoms with E-state index in [-0.39, 0.29) is 24.9 Å². The predicted octanol–water partition coefficient (Wildman–Crippen LogP) is 3.09. The van der Waals surface area contributed by atoms with Gasteiger partial charge in [-0.2, -0.15) is 0 Å². The lowest BCUT2D eigenvalue weighted by molar-refractivity contribution is 0.0697. The third-order valence-electron chi connectivity index (χ3n) is 5.90. The molecule has 4 N–H and O–H groups in total. The molecule has 3 rings (SSSR count). The highest BCUT2D eigenvalue weighted by molar-refractivity contribution is 6.57. The van der Waals surface area contributed by atoms with Crippen LogP contribution in [0.1, 0.15) is 40.4 Å². The molecule has 190 valence electrons. The van der Waals surface area contributed by atoms with Crippen LogP contribution in [0.25, 0.3) is 0 Å². The molecule has 2 atom stereocenters. The Kier molecular flexibility index (Phi) is 9.98. The van der Waals surface area contributed by atoms with Crippen LogP contribution in [0.3, 0.4) is 0 Å². The molecule has 0 fully saturated rings. The number of aromatic carboxylic acids is 1. The highest BCUT2D eigenvalue weighted by atomic mass is 28.3. The molecule has 9 heteroatoms. The Morgan fingerprint density at radius 2 is 1.67 bits per heavy atom. The molecule has 0 amide bonds. The highest BCUT2D eigenvalue weighted by Gasteiger charge is 2.24. The van der Waals surface area contributed by atoms with Crippen LogP contribution >= 0.6 is 0 Å². The van der Waals surface area contributed by atoms with Crippen molar-refractivity contribution in [1.82, 2.24) is 10.3 Å². The highest BCUT2D eigenvalue weighted by Crippen LogP contribution is 2.13. The summed E-state index contributed by atoms with van der Waals surface area (Å²) in [5.74, 6) is -2.51. The van der Waals surface area contributed by atoms with Gasteiger partial charge in [0.25, 0.3) is 0 Å². The Hall–Kier alpha value is -3.27. The van der Waals surface area contributed by atoms with Crippen LogP contribution in [-0.4, -0.2) is 43.7 Å². The van der Waals surface area contributed by atoms with E-state index >= 15 is 0 Å². The first-order chi connectivity index (χ1) is 17.2. The van der Waals surface area contributed by atoms with E-state index in [1.807, 2.05) is 18.2 Å². The van der Waals surface area contributed by atoms with Gasteiger partial charge in [-0.1, -0.05) is 43.3 Å². The van der Waals surface area contributed by atoms with Crippen LogP contribution in [-0.2, 0) is 23.8 Å². The van der Waals surface area contributed by atoms with Gasteiger partial charge in [-0.05, 0) is 60.2 Å². The van der Waals surface area contributed by atoms with E-state index in [1.54, 1.807) is 6.07 Å². The molecule has 0 radical (unpaired) electrons. The summed E-state index contributed by atoms with van der Waals surface area (Å²) in [6, 6.07) is 16.5. The van der Waals surface area contributed by atoms with Gasteiger partial charge in [-0.3, -0.25) is 0 Å². The predicted molar refractivity (Wildman–Crippen MR) is 135 cm³/mol. The normalized spacial score (nSPS) is 12.7. The van der Waals surface area contributed by atoms with Gasteiger partial charge < -0.3 is 25.0 Å². The Morgan fingerprint density at radius 1 is 0.972 bits per heavy atom. The SMILES string of the molecule is CCc1cccc(CNC[C@@H](O)[C@H](CCc2cc(F)cc(F)c2)N[Si](=O)c2cccc(C(=O)O)c2)c1. The molecule has 3 aromatic carbocycles. The minimum absolute atomic E-state index is 0.0101. The maximum atomic E-state index is 13.6. The average molecular weight is 513 g/mol. The second kappa shape index (κ2) is 13.2. The van der Waals surface area contributed by atoms with Crippen molar-refractivity contribution >= 4 is 20.0 Å². The lowest BCUT2D eigenvalue weighted by Crippen LogP contribution is -2.51. The van der Waals surface area contributed by atoms with E-state index in [1.165, 1.54) is 35.9 Å². The minimum atomic E-state index is -2.67. The second-order valence-electron chi connectivity index (χ2n) is 8.65. The molecule has 0 aromatic heterocycles. The molecule has 0 bridgehead atoms. The van der Waals surface area contributed by atoms with Crippen molar-refractivity contribution in [3.8, 4) is 0 Å². The molecule has 6 nitrogen and oxygen atoms in total. The van der Waals surface area contributed by atoms with Gasteiger partial charge in [0.2, 0.25) is 0 Å². The summed E-state index contributed by atoms with van der Waals surface area (Å²) in [5, 5.41) is 23.7. The fourth-order valence-corrected chi connectivity index (χ4v) is 5.32. The van der Waals surface area contributed by atoms with E-state index in [2.05, 4.69) is 23.3 Å². The zero-order valence-corrected chi connectivity index (χ0v) is 21.0. The Balaban J connectivity index is 1.69. The molecule has 0 aliphatic rings. The molecule has 36 heavy (non-hydrogen) atoms. The Bertz CT molecular complexity index is 1190. The van der Waals surface area contributed by atoms with Crippen LogP contribution in [0.15, 0.2) is 66.7 Å². The summed E-state index contributed by atoms with van der Waals surface area (Å²) >= 11 is 0. The molecule has 0 spiro atoms. The largest absolute Gasteiger partial charge is 0.478 e. The third-order valence-corrected chi connectivity index (χ3v) is 7.37. The number of benzene rings is 3.